The summed E-state index contributed by atoms with van der Waals surface area (Å²) < 4.78 is 27.0. The molecule has 3 heterocycles. The van der Waals surface area contributed by atoms with E-state index < -0.39 is 22.1 Å². The minimum absolute atomic E-state index is 0.199. The van der Waals surface area contributed by atoms with Crippen LogP contribution in [0.3, 0.4) is 0 Å². The van der Waals surface area contributed by atoms with E-state index in [1.54, 1.807) is 24.4 Å². The molecule has 9 heteroatoms. The van der Waals surface area contributed by atoms with E-state index in [2.05, 4.69) is 5.32 Å². The molecule has 2 saturated heterocycles. The molecule has 2 amide bonds. The zero-order valence-corrected chi connectivity index (χ0v) is 14.4. The molecule has 2 fully saturated rings. The molecule has 7 nitrogen and oxygen atoms in total. The van der Waals surface area contributed by atoms with E-state index in [-0.39, 0.29) is 16.0 Å². The van der Waals surface area contributed by atoms with Crippen LogP contribution in [0, 0.1) is 0 Å². The van der Waals surface area contributed by atoms with E-state index in [4.69, 9.17) is 0 Å². The van der Waals surface area contributed by atoms with Crippen molar-refractivity contribution in [3.63, 3.8) is 0 Å². The van der Waals surface area contributed by atoms with Gasteiger partial charge in [0.25, 0.3) is 10.0 Å². The van der Waals surface area contributed by atoms with Crippen LogP contribution in [0.5, 0.6) is 0 Å². The SMILES string of the molecule is CC1C(=O)NCCN1C(=O)C1CCCN1S(=O)(=O)c1cccs1. The topological polar surface area (TPSA) is 86.8 Å². The molecule has 1 N–H and O–H groups in total. The second-order valence-corrected chi connectivity index (χ2v) is 8.77. The third-order valence-corrected chi connectivity index (χ3v) is 7.61. The lowest BCUT2D eigenvalue weighted by Crippen LogP contribution is -2.59. The zero-order valence-electron chi connectivity index (χ0n) is 12.8. The molecule has 2 aliphatic heterocycles. The maximum absolute atomic E-state index is 12.8. The third-order valence-electron chi connectivity index (χ3n) is 4.33. The quantitative estimate of drug-likeness (QED) is 0.840. The Morgan fingerprint density at radius 1 is 1.39 bits per heavy atom. The Morgan fingerprint density at radius 3 is 2.87 bits per heavy atom. The normalized spacial score (nSPS) is 26.3. The maximum Gasteiger partial charge on any atom is 0.253 e. The second-order valence-electron chi connectivity index (χ2n) is 5.70. The van der Waals surface area contributed by atoms with Gasteiger partial charge in [-0.1, -0.05) is 6.07 Å². The van der Waals surface area contributed by atoms with Crippen LogP contribution >= 0.6 is 11.3 Å². The van der Waals surface area contributed by atoms with Crippen molar-refractivity contribution in [2.75, 3.05) is 19.6 Å². The predicted octanol–water partition coefficient (Wildman–Crippen LogP) is 0.248. The van der Waals surface area contributed by atoms with Crippen molar-refractivity contribution in [1.29, 1.82) is 0 Å². The van der Waals surface area contributed by atoms with Gasteiger partial charge in [-0.15, -0.1) is 11.3 Å². The van der Waals surface area contributed by atoms with Gasteiger partial charge in [-0.3, -0.25) is 9.59 Å². The first-order chi connectivity index (χ1) is 10.9. The average Bonchev–Trinajstić information content (AvgIpc) is 3.21. The van der Waals surface area contributed by atoms with Gasteiger partial charge in [0.1, 0.15) is 16.3 Å². The molecule has 3 rings (SSSR count). The lowest BCUT2D eigenvalue weighted by atomic mass is 10.1. The lowest BCUT2D eigenvalue weighted by molar-refractivity contribution is -0.144. The summed E-state index contributed by atoms with van der Waals surface area (Å²) in [6, 6.07) is 1.96. The van der Waals surface area contributed by atoms with Gasteiger partial charge >= 0.3 is 0 Å². The fourth-order valence-electron chi connectivity index (χ4n) is 3.08. The van der Waals surface area contributed by atoms with E-state index >= 15 is 0 Å². The summed E-state index contributed by atoms with van der Waals surface area (Å²) in [5, 5.41) is 4.41. The number of nitrogens with one attached hydrogen (secondary N) is 1. The molecule has 2 unspecified atom stereocenters. The minimum atomic E-state index is -3.66. The molecule has 0 spiro atoms. The van der Waals surface area contributed by atoms with Crippen molar-refractivity contribution < 1.29 is 18.0 Å². The molecule has 2 aliphatic rings. The molecule has 126 valence electrons. The number of carbonyl (C=O) groups is 2. The number of carbonyl (C=O) groups excluding carboxylic acids is 2. The van der Waals surface area contributed by atoms with Gasteiger partial charge < -0.3 is 10.2 Å². The van der Waals surface area contributed by atoms with Crippen LogP contribution in [-0.4, -0.2) is 61.2 Å². The van der Waals surface area contributed by atoms with Crippen LogP contribution in [0.1, 0.15) is 19.8 Å². The Hall–Kier alpha value is -1.45. The molecule has 0 aliphatic carbocycles. The highest BCUT2D eigenvalue weighted by Crippen LogP contribution is 2.29. The summed E-state index contributed by atoms with van der Waals surface area (Å²) in [5.41, 5.74) is 0. The first-order valence-corrected chi connectivity index (χ1v) is 9.88. The third kappa shape index (κ3) is 2.88. The summed E-state index contributed by atoms with van der Waals surface area (Å²) in [6.07, 6.45) is 1.14. The van der Waals surface area contributed by atoms with Gasteiger partial charge in [0.15, 0.2) is 0 Å². The highest BCUT2D eigenvalue weighted by molar-refractivity contribution is 7.91. The van der Waals surface area contributed by atoms with E-state index in [1.807, 2.05) is 0 Å². The molecule has 23 heavy (non-hydrogen) atoms. The molecule has 0 saturated carbocycles. The van der Waals surface area contributed by atoms with E-state index in [0.717, 1.165) is 11.3 Å². The maximum atomic E-state index is 12.8. The monoisotopic (exact) mass is 357 g/mol. The standard InChI is InChI=1S/C14H19N3O4S2/c1-10-13(18)15-6-8-16(10)14(19)11-4-2-7-17(11)23(20,21)12-5-3-9-22-12/h3,5,9-11H,2,4,6-8H2,1H3,(H,15,18). The molecule has 1 aromatic rings. The number of hydrogen-bond donors (Lipinski definition) is 1. The summed E-state index contributed by atoms with van der Waals surface area (Å²) in [4.78, 5) is 26.1. The fourth-order valence-corrected chi connectivity index (χ4v) is 5.85. The van der Waals surface area contributed by atoms with E-state index in [1.165, 1.54) is 9.21 Å². The predicted molar refractivity (Wildman–Crippen MR) is 85.4 cm³/mol. The number of sulfonamides is 1. The first kappa shape index (κ1) is 16.4. The Labute approximate surface area is 139 Å². The molecule has 0 aromatic carbocycles. The van der Waals surface area contributed by atoms with Crippen LogP contribution in [0.15, 0.2) is 21.7 Å². The molecule has 2 atom stereocenters. The Kier molecular flexibility index (Phi) is 4.43. The number of piperazine rings is 1. The first-order valence-electron chi connectivity index (χ1n) is 7.56. The van der Waals surface area contributed by atoms with Gasteiger partial charge in [0.2, 0.25) is 11.8 Å². The van der Waals surface area contributed by atoms with Crippen molar-refractivity contribution in [3.05, 3.63) is 17.5 Å². The number of hydrogen-bond acceptors (Lipinski definition) is 5. The smallest absolute Gasteiger partial charge is 0.253 e. The van der Waals surface area contributed by atoms with Gasteiger partial charge in [0.05, 0.1) is 0 Å². The van der Waals surface area contributed by atoms with Crippen molar-refractivity contribution in [3.8, 4) is 0 Å². The Bertz CT molecular complexity index is 702. The van der Waals surface area contributed by atoms with Gasteiger partial charge in [0, 0.05) is 19.6 Å². The largest absolute Gasteiger partial charge is 0.353 e. The van der Waals surface area contributed by atoms with Crippen LogP contribution in [0.2, 0.25) is 0 Å². The summed E-state index contributed by atoms with van der Waals surface area (Å²) in [7, 11) is -3.66. The number of amides is 2. The molecular formula is C14H19N3O4S2. The van der Waals surface area contributed by atoms with Crippen LogP contribution < -0.4 is 5.32 Å². The minimum Gasteiger partial charge on any atom is -0.353 e. The van der Waals surface area contributed by atoms with Crippen molar-refractivity contribution >= 4 is 33.2 Å². The molecule has 0 radical (unpaired) electrons. The number of nitrogens with zero attached hydrogens (tertiary/aromatic N) is 2. The van der Waals surface area contributed by atoms with Crippen LogP contribution in [0.25, 0.3) is 0 Å². The van der Waals surface area contributed by atoms with Gasteiger partial charge in [-0.25, -0.2) is 8.42 Å². The zero-order chi connectivity index (χ0) is 16.6. The van der Waals surface area contributed by atoms with E-state index in [0.29, 0.717) is 32.5 Å². The number of thiophene rings is 1. The summed E-state index contributed by atoms with van der Waals surface area (Å²) in [6.45, 7) is 2.82. The van der Waals surface area contributed by atoms with Crippen molar-refractivity contribution in [2.45, 2.75) is 36.1 Å². The molecular weight excluding hydrogens is 338 g/mol. The van der Waals surface area contributed by atoms with Gasteiger partial charge in [-0.2, -0.15) is 4.31 Å². The Balaban J connectivity index is 1.84. The van der Waals surface area contributed by atoms with Crippen LogP contribution in [0.4, 0.5) is 0 Å². The lowest BCUT2D eigenvalue weighted by Gasteiger charge is -2.36. The molecule has 1 aromatic heterocycles. The van der Waals surface area contributed by atoms with Crippen LogP contribution in [-0.2, 0) is 19.6 Å². The van der Waals surface area contributed by atoms with Gasteiger partial charge in [-0.05, 0) is 31.2 Å². The summed E-state index contributed by atoms with van der Waals surface area (Å²) in [5.74, 6) is -0.472. The van der Waals surface area contributed by atoms with Crippen molar-refractivity contribution in [2.24, 2.45) is 0 Å². The Morgan fingerprint density at radius 2 is 2.17 bits per heavy atom. The molecule has 0 bridgehead atoms. The van der Waals surface area contributed by atoms with E-state index in [9.17, 15) is 18.0 Å². The highest BCUT2D eigenvalue weighted by atomic mass is 32.2. The second kappa shape index (κ2) is 6.21. The highest BCUT2D eigenvalue weighted by Gasteiger charge is 2.43. The fraction of sp³-hybridized carbons (Fsp3) is 0.571. The van der Waals surface area contributed by atoms with Crippen molar-refractivity contribution in [1.82, 2.24) is 14.5 Å². The summed E-state index contributed by atoms with van der Waals surface area (Å²) >= 11 is 1.15. The average molecular weight is 357 g/mol. The number of rotatable bonds is 3.